The van der Waals surface area contributed by atoms with Crippen LogP contribution in [0.25, 0.3) is 34.1 Å². The third-order valence-electron chi connectivity index (χ3n) is 3.30. The van der Waals surface area contributed by atoms with Gasteiger partial charge < -0.3 is 9.09 Å². The van der Waals surface area contributed by atoms with Gasteiger partial charge in [0.2, 0.25) is 5.82 Å². The first kappa shape index (κ1) is 12.5. The predicted octanol–water partition coefficient (Wildman–Crippen LogP) is 2.53. The van der Waals surface area contributed by atoms with Crippen LogP contribution in [0.5, 0.6) is 0 Å². The number of hydrogen-bond acceptors (Lipinski definition) is 5. The quantitative estimate of drug-likeness (QED) is 0.627. The third kappa shape index (κ3) is 2.18. The SMILES string of the molecule is Cn1cnc(-c2noc(-c3cccc(-c4cn[nH]c4)c3)n2)c1. The molecule has 0 atom stereocenters. The highest BCUT2D eigenvalue weighted by Crippen LogP contribution is 2.26. The lowest BCUT2D eigenvalue weighted by Crippen LogP contribution is -1.82. The standard InChI is InChI=1S/C15H12N6O/c1-21-8-13(16-9-21)14-19-15(22-20-14)11-4-2-3-10(5-11)12-6-17-18-7-12/h2-9H,1H3,(H,17,18). The van der Waals surface area contributed by atoms with Gasteiger partial charge >= 0.3 is 0 Å². The fourth-order valence-electron chi connectivity index (χ4n) is 2.21. The molecule has 0 spiro atoms. The molecule has 108 valence electrons. The van der Waals surface area contributed by atoms with Crippen LogP contribution in [0.1, 0.15) is 0 Å². The van der Waals surface area contributed by atoms with E-state index >= 15 is 0 Å². The van der Waals surface area contributed by atoms with E-state index in [-0.39, 0.29) is 0 Å². The Morgan fingerprint density at radius 2 is 2.09 bits per heavy atom. The van der Waals surface area contributed by atoms with Gasteiger partial charge in [-0.05, 0) is 17.7 Å². The molecular weight excluding hydrogens is 280 g/mol. The highest BCUT2D eigenvalue weighted by molar-refractivity contribution is 5.69. The molecule has 4 aromatic rings. The van der Waals surface area contributed by atoms with Crippen LogP contribution in [-0.2, 0) is 7.05 Å². The summed E-state index contributed by atoms with van der Waals surface area (Å²) in [5.41, 5.74) is 3.58. The molecule has 3 aromatic heterocycles. The molecule has 22 heavy (non-hydrogen) atoms. The Kier molecular flexibility index (Phi) is 2.82. The molecule has 0 aliphatic heterocycles. The largest absolute Gasteiger partial charge is 0.340 e. The smallest absolute Gasteiger partial charge is 0.258 e. The Labute approximate surface area is 125 Å². The maximum atomic E-state index is 5.35. The number of aromatic nitrogens is 6. The number of benzene rings is 1. The van der Waals surface area contributed by atoms with Gasteiger partial charge in [-0.2, -0.15) is 10.1 Å². The average Bonchev–Trinajstić information content (AvgIpc) is 3.28. The van der Waals surface area contributed by atoms with E-state index in [4.69, 9.17) is 4.52 Å². The topological polar surface area (TPSA) is 85.4 Å². The van der Waals surface area contributed by atoms with Gasteiger partial charge in [0.15, 0.2) is 0 Å². The maximum absolute atomic E-state index is 5.35. The molecule has 0 aliphatic carbocycles. The van der Waals surface area contributed by atoms with Crippen molar-refractivity contribution in [2.45, 2.75) is 0 Å². The van der Waals surface area contributed by atoms with Crippen molar-refractivity contribution in [3.05, 3.63) is 49.2 Å². The van der Waals surface area contributed by atoms with E-state index in [1.54, 1.807) is 12.5 Å². The number of H-pyrrole nitrogens is 1. The first-order chi connectivity index (χ1) is 10.8. The molecule has 0 aliphatic rings. The molecule has 0 amide bonds. The number of aryl methyl sites for hydroxylation is 1. The molecule has 0 fully saturated rings. The predicted molar refractivity (Wildman–Crippen MR) is 79.5 cm³/mol. The summed E-state index contributed by atoms with van der Waals surface area (Å²) in [7, 11) is 1.89. The van der Waals surface area contributed by atoms with E-state index < -0.39 is 0 Å². The monoisotopic (exact) mass is 292 g/mol. The van der Waals surface area contributed by atoms with Crippen molar-refractivity contribution in [1.82, 2.24) is 29.9 Å². The van der Waals surface area contributed by atoms with Gasteiger partial charge in [0.05, 0.1) is 12.5 Å². The summed E-state index contributed by atoms with van der Waals surface area (Å²) < 4.78 is 7.19. The summed E-state index contributed by atoms with van der Waals surface area (Å²) in [6.07, 6.45) is 7.15. The zero-order valence-corrected chi connectivity index (χ0v) is 11.8. The van der Waals surface area contributed by atoms with Gasteiger partial charge in [-0.25, -0.2) is 4.98 Å². The van der Waals surface area contributed by atoms with Crippen LogP contribution in [0.4, 0.5) is 0 Å². The zero-order chi connectivity index (χ0) is 14.9. The number of nitrogens with zero attached hydrogens (tertiary/aromatic N) is 5. The first-order valence-electron chi connectivity index (χ1n) is 6.71. The molecule has 1 aromatic carbocycles. The van der Waals surface area contributed by atoms with Gasteiger partial charge in [0.1, 0.15) is 5.69 Å². The summed E-state index contributed by atoms with van der Waals surface area (Å²) in [4.78, 5) is 8.63. The molecule has 1 N–H and O–H groups in total. The van der Waals surface area contributed by atoms with Crippen molar-refractivity contribution < 1.29 is 4.52 Å². The summed E-state index contributed by atoms with van der Waals surface area (Å²) in [5.74, 6) is 0.940. The summed E-state index contributed by atoms with van der Waals surface area (Å²) in [5, 5.41) is 10.8. The van der Waals surface area contributed by atoms with Crippen LogP contribution >= 0.6 is 0 Å². The van der Waals surface area contributed by atoms with Crippen molar-refractivity contribution in [2.75, 3.05) is 0 Å². The van der Waals surface area contributed by atoms with E-state index in [9.17, 15) is 0 Å². The minimum absolute atomic E-state index is 0.464. The second-order valence-electron chi connectivity index (χ2n) is 4.92. The average molecular weight is 292 g/mol. The lowest BCUT2D eigenvalue weighted by atomic mass is 10.1. The normalized spacial score (nSPS) is 11.0. The minimum Gasteiger partial charge on any atom is -0.340 e. The molecule has 0 unspecified atom stereocenters. The minimum atomic E-state index is 0.464. The zero-order valence-electron chi connectivity index (χ0n) is 11.8. The summed E-state index contributed by atoms with van der Waals surface area (Å²) >= 11 is 0. The van der Waals surface area contributed by atoms with Crippen molar-refractivity contribution in [1.29, 1.82) is 0 Å². The maximum Gasteiger partial charge on any atom is 0.258 e. The van der Waals surface area contributed by atoms with Crippen LogP contribution in [-0.4, -0.2) is 29.9 Å². The highest BCUT2D eigenvalue weighted by atomic mass is 16.5. The molecular formula is C15H12N6O. The van der Waals surface area contributed by atoms with E-state index in [0.717, 1.165) is 16.7 Å². The van der Waals surface area contributed by atoms with E-state index in [1.807, 2.05) is 48.3 Å². The van der Waals surface area contributed by atoms with Crippen LogP contribution in [0.2, 0.25) is 0 Å². The molecule has 7 nitrogen and oxygen atoms in total. The van der Waals surface area contributed by atoms with Crippen LogP contribution in [0.3, 0.4) is 0 Å². The Bertz CT molecular complexity index is 906. The van der Waals surface area contributed by atoms with Crippen molar-refractivity contribution in [3.63, 3.8) is 0 Å². The fourth-order valence-corrected chi connectivity index (χ4v) is 2.21. The second-order valence-corrected chi connectivity index (χ2v) is 4.92. The number of aromatic amines is 1. The van der Waals surface area contributed by atoms with E-state index in [1.165, 1.54) is 0 Å². The first-order valence-corrected chi connectivity index (χ1v) is 6.71. The molecule has 4 rings (SSSR count). The number of hydrogen-bond donors (Lipinski definition) is 1. The summed E-state index contributed by atoms with van der Waals surface area (Å²) in [6.45, 7) is 0. The number of imidazole rings is 1. The van der Waals surface area contributed by atoms with Crippen molar-refractivity contribution in [3.8, 4) is 34.1 Å². The molecule has 0 bridgehead atoms. The Hall–Kier alpha value is -3.22. The third-order valence-corrected chi connectivity index (χ3v) is 3.30. The highest BCUT2D eigenvalue weighted by Gasteiger charge is 2.13. The Morgan fingerprint density at radius 1 is 1.18 bits per heavy atom. The van der Waals surface area contributed by atoms with Crippen LogP contribution in [0, 0.1) is 0 Å². The Balaban J connectivity index is 1.71. The van der Waals surface area contributed by atoms with Crippen LogP contribution in [0.15, 0.2) is 53.7 Å². The fraction of sp³-hybridized carbons (Fsp3) is 0.0667. The van der Waals surface area contributed by atoms with Crippen molar-refractivity contribution in [2.24, 2.45) is 7.05 Å². The lowest BCUT2D eigenvalue weighted by Gasteiger charge is -1.99. The summed E-state index contributed by atoms with van der Waals surface area (Å²) in [6, 6.07) is 7.87. The van der Waals surface area contributed by atoms with Gasteiger partial charge in [0, 0.05) is 30.6 Å². The lowest BCUT2D eigenvalue weighted by molar-refractivity contribution is 0.432. The van der Waals surface area contributed by atoms with Gasteiger partial charge in [0.25, 0.3) is 5.89 Å². The Morgan fingerprint density at radius 3 is 2.86 bits per heavy atom. The second kappa shape index (κ2) is 4.96. The van der Waals surface area contributed by atoms with E-state index in [2.05, 4.69) is 25.3 Å². The van der Waals surface area contributed by atoms with Gasteiger partial charge in [-0.15, -0.1) is 0 Å². The van der Waals surface area contributed by atoms with Crippen LogP contribution < -0.4 is 0 Å². The molecule has 0 radical (unpaired) electrons. The molecule has 7 heteroatoms. The molecule has 0 saturated heterocycles. The number of rotatable bonds is 3. The molecule has 3 heterocycles. The number of nitrogens with one attached hydrogen (secondary N) is 1. The van der Waals surface area contributed by atoms with E-state index in [0.29, 0.717) is 17.4 Å². The van der Waals surface area contributed by atoms with Gasteiger partial charge in [-0.1, -0.05) is 17.3 Å². The van der Waals surface area contributed by atoms with Gasteiger partial charge in [-0.3, -0.25) is 5.10 Å². The van der Waals surface area contributed by atoms with Crippen molar-refractivity contribution >= 4 is 0 Å². The molecule has 0 saturated carbocycles.